The molecule has 0 atom stereocenters. The molecule has 2 heteroatoms. The Morgan fingerprint density at radius 2 is 1.94 bits per heavy atom. The first kappa shape index (κ1) is 13.0. The van der Waals surface area contributed by atoms with Crippen LogP contribution in [0.3, 0.4) is 0 Å². The minimum Gasteiger partial charge on any atom is -0.374 e. The van der Waals surface area contributed by atoms with E-state index in [1.54, 1.807) is 0 Å². The second-order valence-electron chi connectivity index (χ2n) is 4.77. The Bertz CT molecular complexity index is 307. The maximum absolute atomic E-state index is 5.63. The molecule has 1 aromatic rings. The highest BCUT2D eigenvalue weighted by molar-refractivity contribution is 5.53. The van der Waals surface area contributed by atoms with Gasteiger partial charge in [-0.2, -0.15) is 0 Å². The first-order valence-electron chi connectivity index (χ1n) is 6.14. The molecule has 0 saturated carbocycles. The van der Waals surface area contributed by atoms with Crippen molar-refractivity contribution in [3.05, 3.63) is 29.8 Å². The number of hydrogen-bond acceptors (Lipinski definition) is 2. The predicted octanol–water partition coefficient (Wildman–Crippen LogP) is 2.67. The molecule has 1 rings (SSSR count). The van der Waals surface area contributed by atoms with Crippen molar-refractivity contribution < 1.29 is 0 Å². The van der Waals surface area contributed by atoms with Crippen molar-refractivity contribution in [2.45, 2.75) is 26.7 Å². The summed E-state index contributed by atoms with van der Waals surface area (Å²) in [6, 6.07) is 8.55. The first-order chi connectivity index (χ1) is 7.65. The summed E-state index contributed by atoms with van der Waals surface area (Å²) < 4.78 is 0. The van der Waals surface area contributed by atoms with Crippen molar-refractivity contribution in [1.29, 1.82) is 0 Å². The molecular formula is C14H24N2. The van der Waals surface area contributed by atoms with Gasteiger partial charge in [0.25, 0.3) is 0 Å². The quantitative estimate of drug-likeness (QED) is 0.798. The highest BCUT2D eigenvalue weighted by Crippen LogP contribution is 2.20. The lowest BCUT2D eigenvalue weighted by Gasteiger charge is -2.23. The summed E-state index contributed by atoms with van der Waals surface area (Å²) in [5.41, 5.74) is 8.32. The minimum atomic E-state index is 0.717. The van der Waals surface area contributed by atoms with Crippen LogP contribution >= 0.6 is 0 Å². The monoisotopic (exact) mass is 220 g/mol. The Balaban J connectivity index is 2.69. The molecule has 0 bridgehead atoms. The molecule has 0 saturated heterocycles. The van der Waals surface area contributed by atoms with E-state index in [2.05, 4.69) is 50.1 Å². The van der Waals surface area contributed by atoms with E-state index in [-0.39, 0.29) is 0 Å². The predicted molar refractivity (Wildman–Crippen MR) is 71.9 cm³/mol. The van der Waals surface area contributed by atoms with Crippen molar-refractivity contribution in [3.63, 3.8) is 0 Å². The van der Waals surface area contributed by atoms with Gasteiger partial charge in [-0.25, -0.2) is 0 Å². The van der Waals surface area contributed by atoms with Crippen molar-refractivity contribution >= 4 is 5.69 Å². The zero-order chi connectivity index (χ0) is 12.0. The Morgan fingerprint density at radius 3 is 2.56 bits per heavy atom. The van der Waals surface area contributed by atoms with Gasteiger partial charge in [-0.15, -0.1) is 0 Å². The summed E-state index contributed by atoms with van der Waals surface area (Å²) in [5, 5.41) is 0. The average molecular weight is 220 g/mol. The molecule has 0 spiro atoms. The second kappa shape index (κ2) is 6.54. The zero-order valence-electron chi connectivity index (χ0n) is 10.7. The highest BCUT2D eigenvalue weighted by Gasteiger charge is 2.06. The van der Waals surface area contributed by atoms with Crippen LogP contribution in [0, 0.1) is 5.92 Å². The third kappa shape index (κ3) is 3.86. The molecule has 0 aliphatic rings. The Labute approximate surface area is 99.5 Å². The maximum Gasteiger partial charge on any atom is 0.0396 e. The summed E-state index contributed by atoms with van der Waals surface area (Å²) >= 11 is 0. The van der Waals surface area contributed by atoms with Gasteiger partial charge in [0.1, 0.15) is 0 Å². The number of anilines is 1. The molecule has 0 radical (unpaired) electrons. The van der Waals surface area contributed by atoms with Crippen LogP contribution in [0.4, 0.5) is 5.69 Å². The number of rotatable bonds is 6. The van der Waals surface area contributed by atoms with E-state index in [1.165, 1.54) is 17.7 Å². The van der Waals surface area contributed by atoms with Crippen LogP contribution in [-0.2, 0) is 6.42 Å². The third-order valence-corrected chi connectivity index (χ3v) is 2.86. The van der Waals surface area contributed by atoms with Gasteiger partial charge in [0.2, 0.25) is 0 Å². The van der Waals surface area contributed by atoms with Gasteiger partial charge in [0.15, 0.2) is 0 Å². The molecule has 0 aliphatic heterocycles. The smallest absolute Gasteiger partial charge is 0.0396 e. The Morgan fingerprint density at radius 1 is 1.25 bits per heavy atom. The lowest BCUT2D eigenvalue weighted by atomic mass is 10.1. The molecule has 16 heavy (non-hydrogen) atoms. The van der Waals surface area contributed by atoms with E-state index in [1.807, 2.05) is 0 Å². The molecule has 0 amide bonds. The molecule has 0 unspecified atom stereocenters. The van der Waals surface area contributed by atoms with Gasteiger partial charge >= 0.3 is 0 Å². The molecule has 90 valence electrons. The summed E-state index contributed by atoms with van der Waals surface area (Å²) in [5.74, 6) is 0.754. The normalized spacial score (nSPS) is 10.8. The number of para-hydroxylation sites is 1. The van der Waals surface area contributed by atoms with Crippen molar-refractivity contribution in [3.8, 4) is 0 Å². The van der Waals surface area contributed by atoms with Crippen LogP contribution in [0.2, 0.25) is 0 Å². The second-order valence-corrected chi connectivity index (χ2v) is 4.77. The molecule has 0 heterocycles. The van der Waals surface area contributed by atoms with E-state index in [4.69, 9.17) is 5.73 Å². The SMILES string of the molecule is CC(C)CCN(C)c1ccccc1CCN. The molecule has 0 fully saturated rings. The maximum atomic E-state index is 5.63. The van der Waals surface area contributed by atoms with Crippen LogP contribution in [0.25, 0.3) is 0 Å². The highest BCUT2D eigenvalue weighted by atomic mass is 15.1. The lowest BCUT2D eigenvalue weighted by molar-refractivity contribution is 0.584. The van der Waals surface area contributed by atoms with E-state index < -0.39 is 0 Å². The fraction of sp³-hybridized carbons (Fsp3) is 0.571. The number of nitrogens with two attached hydrogens (primary N) is 1. The fourth-order valence-corrected chi connectivity index (χ4v) is 1.82. The van der Waals surface area contributed by atoms with Crippen LogP contribution in [-0.4, -0.2) is 20.1 Å². The average Bonchev–Trinajstić information content (AvgIpc) is 2.27. The Kier molecular flexibility index (Phi) is 5.33. The summed E-state index contributed by atoms with van der Waals surface area (Å²) in [7, 11) is 2.16. The van der Waals surface area contributed by atoms with Crippen LogP contribution in [0.1, 0.15) is 25.8 Å². The number of hydrogen-bond donors (Lipinski definition) is 1. The van der Waals surface area contributed by atoms with Gasteiger partial charge in [-0.1, -0.05) is 32.0 Å². The van der Waals surface area contributed by atoms with E-state index >= 15 is 0 Å². The van der Waals surface area contributed by atoms with Crippen LogP contribution in [0.15, 0.2) is 24.3 Å². The van der Waals surface area contributed by atoms with Crippen molar-refractivity contribution in [1.82, 2.24) is 0 Å². The molecule has 0 aromatic heterocycles. The third-order valence-electron chi connectivity index (χ3n) is 2.86. The largest absolute Gasteiger partial charge is 0.374 e. The molecule has 2 nitrogen and oxygen atoms in total. The van der Waals surface area contributed by atoms with Gasteiger partial charge in [-0.05, 0) is 36.9 Å². The molecule has 2 N–H and O–H groups in total. The lowest BCUT2D eigenvalue weighted by Crippen LogP contribution is -2.21. The van der Waals surface area contributed by atoms with Crippen molar-refractivity contribution in [2.75, 3.05) is 25.0 Å². The summed E-state index contributed by atoms with van der Waals surface area (Å²) in [6.07, 6.45) is 2.19. The summed E-state index contributed by atoms with van der Waals surface area (Å²) in [6.45, 7) is 6.35. The van der Waals surface area contributed by atoms with Crippen LogP contribution < -0.4 is 10.6 Å². The first-order valence-corrected chi connectivity index (χ1v) is 6.14. The molecule has 1 aromatic carbocycles. The number of benzene rings is 1. The summed E-state index contributed by atoms with van der Waals surface area (Å²) in [4.78, 5) is 2.34. The van der Waals surface area contributed by atoms with Crippen molar-refractivity contribution in [2.24, 2.45) is 11.7 Å². The van der Waals surface area contributed by atoms with Crippen LogP contribution in [0.5, 0.6) is 0 Å². The standard InChI is InChI=1S/C14H24N2/c1-12(2)9-11-16(3)14-7-5-4-6-13(14)8-10-15/h4-7,12H,8-11,15H2,1-3H3. The van der Waals surface area contributed by atoms with Gasteiger partial charge in [-0.3, -0.25) is 0 Å². The van der Waals surface area contributed by atoms with E-state index in [9.17, 15) is 0 Å². The van der Waals surface area contributed by atoms with Gasteiger partial charge in [0.05, 0.1) is 0 Å². The molecule has 0 aliphatic carbocycles. The van der Waals surface area contributed by atoms with E-state index in [0.717, 1.165) is 25.4 Å². The van der Waals surface area contributed by atoms with Gasteiger partial charge in [0, 0.05) is 19.3 Å². The minimum absolute atomic E-state index is 0.717. The number of nitrogens with zero attached hydrogens (tertiary/aromatic N) is 1. The topological polar surface area (TPSA) is 29.3 Å². The Hall–Kier alpha value is -1.02. The van der Waals surface area contributed by atoms with Gasteiger partial charge < -0.3 is 10.6 Å². The zero-order valence-corrected chi connectivity index (χ0v) is 10.7. The fourth-order valence-electron chi connectivity index (χ4n) is 1.82. The molecular weight excluding hydrogens is 196 g/mol. The van der Waals surface area contributed by atoms with E-state index in [0.29, 0.717) is 0 Å².